The van der Waals surface area contributed by atoms with Crippen molar-refractivity contribution in [3.8, 4) is 0 Å². The van der Waals surface area contributed by atoms with Gasteiger partial charge in [-0.1, -0.05) is 0 Å². The molecule has 17 heavy (non-hydrogen) atoms. The summed E-state index contributed by atoms with van der Waals surface area (Å²) >= 11 is 0. The van der Waals surface area contributed by atoms with Crippen LogP contribution in [0.5, 0.6) is 0 Å². The Kier molecular flexibility index (Phi) is 3.97. The highest BCUT2D eigenvalue weighted by molar-refractivity contribution is 5.50. The number of nitrogens with zero attached hydrogens (tertiary/aromatic N) is 1. The second-order valence-corrected chi connectivity index (χ2v) is 4.55. The van der Waals surface area contributed by atoms with Crippen LogP contribution in [0.4, 0.5) is 10.1 Å². The van der Waals surface area contributed by atoms with Crippen molar-refractivity contribution >= 4 is 5.69 Å². The molecule has 0 amide bonds. The first kappa shape index (κ1) is 12.3. The van der Waals surface area contributed by atoms with Gasteiger partial charge in [0.25, 0.3) is 0 Å². The highest BCUT2D eigenvalue weighted by atomic mass is 19.1. The van der Waals surface area contributed by atoms with Crippen molar-refractivity contribution in [3.05, 3.63) is 29.6 Å². The van der Waals surface area contributed by atoms with E-state index < -0.39 is 0 Å². The van der Waals surface area contributed by atoms with Gasteiger partial charge in [-0.3, -0.25) is 0 Å². The molecule has 2 rings (SSSR count). The molecular weight excluding hydrogens is 219 g/mol. The van der Waals surface area contributed by atoms with E-state index >= 15 is 0 Å². The Labute approximate surface area is 101 Å². The Morgan fingerprint density at radius 3 is 2.88 bits per heavy atom. The van der Waals surface area contributed by atoms with E-state index in [4.69, 9.17) is 5.73 Å². The van der Waals surface area contributed by atoms with Gasteiger partial charge in [0, 0.05) is 18.8 Å². The van der Waals surface area contributed by atoms with Gasteiger partial charge in [0.1, 0.15) is 5.82 Å². The van der Waals surface area contributed by atoms with Crippen LogP contribution in [-0.4, -0.2) is 24.3 Å². The van der Waals surface area contributed by atoms with E-state index in [-0.39, 0.29) is 18.5 Å². The summed E-state index contributed by atoms with van der Waals surface area (Å²) in [7, 11) is 0. The summed E-state index contributed by atoms with van der Waals surface area (Å²) in [6.07, 6.45) is 3.18. The van der Waals surface area contributed by atoms with Crippen LogP contribution in [-0.2, 0) is 6.54 Å². The van der Waals surface area contributed by atoms with Gasteiger partial charge in [-0.25, -0.2) is 4.39 Å². The molecule has 3 nitrogen and oxygen atoms in total. The summed E-state index contributed by atoms with van der Waals surface area (Å²) in [5.41, 5.74) is 7.18. The SMILES string of the molecule is NCc1cc(F)cc(N2CCCCC2CO)c1. The third-order valence-corrected chi connectivity index (χ3v) is 3.35. The first-order valence-corrected chi connectivity index (χ1v) is 6.11. The largest absolute Gasteiger partial charge is 0.394 e. The van der Waals surface area contributed by atoms with Crippen molar-refractivity contribution in [2.75, 3.05) is 18.1 Å². The third kappa shape index (κ3) is 2.76. The average molecular weight is 238 g/mol. The van der Waals surface area contributed by atoms with Crippen molar-refractivity contribution in [1.29, 1.82) is 0 Å². The van der Waals surface area contributed by atoms with Crippen LogP contribution >= 0.6 is 0 Å². The maximum atomic E-state index is 13.5. The first-order chi connectivity index (χ1) is 8.24. The topological polar surface area (TPSA) is 49.5 Å². The van der Waals surface area contributed by atoms with Crippen molar-refractivity contribution in [2.24, 2.45) is 5.73 Å². The molecule has 1 saturated heterocycles. The Hall–Kier alpha value is -1.13. The van der Waals surface area contributed by atoms with E-state index in [1.807, 2.05) is 6.07 Å². The highest BCUT2D eigenvalue weighted by Gasteiger charge is 2.22. The zero-order chi connectivity index (χ0) is 12.3. The molecule has 1 fully saturated rings. The fourth-order valence-electron chi connectivity index (χ4n) is 2.45. The molecule has 3 N–H and O–H groups in total. The van der Waals surface area contributed by atoms with Gasteiger partial charge in [-0.15, -0.1) is 0 Å². The standard InChI is InChI=1S/C13H19FN2O/c14-11-5-10(8-15)6-13(7-11)16-4-2-1-3-12(16)9-17/h5-7,12,17H,1-4,8-9,15H2. The molecule has 1 aliphatic rings. The lowest BCUT2D eigenvalue weighted by molar-refractivity contribution is 0.240. The number of hydrogen-bond donors (Lipinski definition) is 2. The maximum Gasteiger partial charge on any atom is 0.125 e. The van der Waals surface area contributed by atoms with E-state index in [9.17, 15) is 9.50 Å². The van der Waals surface area contributed by atoms with Gasteiger partial charge in [-0.05, 0) is 43.0 Å². The van der Waals surface area contributed by atoms with E-state index in [0.29, 0.717) is 6.54 Å². The lowest BCUT2D eigenvalue weighted by atomic mass is 10.0. The summed E-state index contributed by atoms with van der Waals surface area (Å²) in [4.78, 5) is 2.09. The van der Waals surface area contributed by atoms with Gasteiger partial charge in [0.2, 0.25) is 0 Å². The molecule has 1 aromatic carbocycles. The van der Waals surface area contributed by atoms with E-state index in [0.717, 1.165) is 37.1 Å². The fraction of sp³-hybridized carbons (Fsp3) is 0.538. The summed E-state index contributed by atoms with van der Waals surface area (Å²) in [6.45, 7) is 1.33. The van der Waals surface area contributed by atoms with Crippen molar-refractivity contribution in [3.63, 3.8) is 0 Å². The molecular formula is C13H19FN2O. The van der Waals surface area contributed by atoms with Gasteiger partial charge in [0.05, 0.1) is 12.6 Å². The number of nitrogens with two attached hydrogens (primary N) is 1. The Morgan fingerprint density at radius 1 is 1.35 bits per heavy atom. The molecule has 0 aromatic heterocycles. The number of aliphatic hydroxyl groups excluding tert-OH is 1. The number of benzene rings is 1. The first-order valence-electron chi connectivity index (χ1n) is 6.11. The van der Waals surface area contributed by atoms with E-state index in [1.165, 1.54) is 12.1 Å². The molecule has 4 heteroatoms. The van der Waals surface area contributed by atoms with Crippen LogP contribution in [0.3, 0.4) is 0 Å². The lowest BCUT2D eigenvalue weighted by Crippen LogP contribution is -2.42. The van der Waals surface area contributed by atoms with Gasteiger partial charge >= 0.3 is 0 Å². The van der Waals surface area contributed by atoms with Crippen LogP contribution in [0, 0.1) is 5.82 Å². The van der Waals surface area contributed by atoms with Crippen LogP contribution in [0.15, 0.2) is 18.2 Å². The zero-order valence-electron chi connectivity index (χ0n) is 9.90. The molecule has 94 valence electrons. The van der Waals surface area contributed by atoms with Crippen LogP contribution in [0.25, 0.3) is 0 Å². The monoisotopic (exact) mass is 238 g/mol. The number of rotatable bonds is 3. The van der Waals surface area contributed by atoms with Gasteiger partial charge < -0.3 is 15.7 Å². The van der Waals surface area contributed by atoms with Crippen molar-refractivity contribution < 1.29 is 9.50 Å². The molecule has 0 saturated carbocycles. The fourth-order valence-corrected chi connectivity index (χ4v) is 2.45. The minimum absolute atomic E-state index is 0.108. The highest BCUT2D eigenvalue weighted by Crippen LogP contribution is 2.26. The minimum Gasteiger partial charge on any atom is -0.394 e. The number of anilines is 1. The number of aliphatic hydroxyl groups is 1. The molecule has 0 spiro atoms. The van der Waals surface area contributed by atoms with Crippen LogP contribution in [0.1, 0.15) is 24.8 Å². The summed E-state index contributed by atoms with van der Waals surface area (Å²) in [5.74, 6) is -0.259. The van der Waals surface area contributed by atoms with Crippen LogP contribution < -0.4 is 10.6 Å². The van der Waals surface area contributed by atoms with E-state index in [2.05, 4.69) is 4.90 Å². The van der Waals surface area contributed by atoms with Crippen molar-refractivity contribution in [2.45, 2.75) is 31.8 Å². The minimum atomic E-state index is -0.259. The maximum absolute atomic E-state index is 13.5. The molecule has 1 atom stereocenters. The molecule has 1 aromatic rings. The average Bonchev–Trinajstić information content (AvgIpc) is 2.37. The number of piperidine rings is 1. The predicted molar refractivity (Wildman–Crippen MR) is 66.4 cm³/mol. The van der Waals surface area contributed by atoms with Crippen LogP contribution in [0.2, 0.25) is 0 Å². The summed E-state index contributed by atoms with van der Waals surface area (Å²) in [5, 5.41) is 9.36. The quantitative estimate of drug-likeness (QED) is 0.841. The number of hydrogen-bond acceptors (Lipinski definition) is 3. The lowest BCUT2D eigenvalue weighted by Gasteiger charge is -2.36. The van der Waals surface area contributed by atoms with E-state index in [1.54, 1.807) is 0 Å². The van der Waals surface area contributed by atoms with Gasteiger partial charge in [-0.2, -0.15) is 0 Å². The molecule has 1 heterocycles. The normalized spacial score (nSPS) is 20.6. The van der Waals surface area contributed by atoms with Crippen molar-refractivity contribution in [1.82, 2.24) is 0 Å². The second kappa shape index (κ2) is 5.47. The second-order valence-electron chi connectivity index (χ2n) is 4.55. The molecule has 0 aliphatic carbocycles. The molecule has 1 aliphatic heterocycles. The Morgan fingerprint density at radius 2 is 2.18 bits per heavy atom. The predicted octanol–water partition coefficient (Wildman–Crippen LogP) is 1.64. The Bertz CT molecular complexity index is 384. The zero-order valence-corrected chi connectivity index (χ0v) is 9.90. The summed E-state index contributed by atoms with van der Waals surface area (Å²) in [6, 6.07) is 5.00. The van der Waals surface area contributed by atoms with Gasteiger partial charge in [0.15, 0.2) is 0 Å². The molecule has 0 bridgehead atoms. The smallest absolute Gasteiger partial charge is 0.125 e. The number of halogens is 1. The molecule has 0 radical (unpaired) electrons. The summed E-state index contributed by atoms with van der Waals surface area (Å²) < 4.78 is 13.5. The third-order valence-electron chi connectivity index (χ3n) is 3.35. The molecule has 1 unspecified atom stereocenters. The Balaban J connectivity index is 2.27.